The lowest BCUT2D eigenvalue weighted by molar-refractivity contribution is 0.120. The van der Waals surface area contributed by atoms with E-state index in [1.165, 1.54) is 32.1 Å². The van der Waals surface area contributed by atoms with Crippen LogP contribution in [-0.2, 0) is 0 Å². The lowest BCUT2D eigenvalue weighted by Crippen LogP contribution is -2.48. The van der Waals surface area contributed by atoms with Gasteiger partial charge in [-0.05, 0) is 37.5 Å². The van der Waals surface area contributed by atoms with Crippen LogP contribution >= 0.6 is 0 Å². The van der Waals surface area contributed by atoms with Gasteiger partial charge in [0, 0.05) is 6.04 Å². The molecule has 0 aromatic rings. The van der Waals surface area contributed by atoms with Crippen LogP contribution < -0.4 is 5.32 Å². The number of fused-ring (bicyclic) bond motifs is 3. The molecular weight excluding hydrogens is 172 g/mol. The summed E-state index contributed by atoms with van der Waals surface area (Å²) in [5, 5.41) is 12.4. The summed E-state index contributed by atoms with van der Waals surface area (Å²) in [6.45, 7) is 2.09. The number of nitrogens with zero attached hydrogens (tertiary/aromatic N) is 1. The first-order valence-corrected chi connectivity index (χ1v) is 5.99. The molecule has 2 bridgehead atoms. The second-order valence-electron chi connectivity index (χ2n) is 4.88. The third-order valence-electron chi connectivity index (χ3n) is 4.03. The Kier molecular flexibility index (Phi) is 3.08. The fourth-order valence-electron chi connectivity index (χ4n) is 3.09. The van der Waals surface area contributed by atoms with Gasteiger partial charge in [-0.15, -0.1) is 0 Å². The summed E-state index contributed by atoms with van der Waals surface area (Å²) in [6, 6.07) is 3.08. The maximum absolute atomic E-state index is 8.91. The van der Waals surface area contributed by atoms with Crippen LogP contribution in [0.1, 0.15) is 45.4 Å². The quantitative estimate of drug-likeness (QED) is 0.745. The molecule has 0 aromatic heterocycles. The van der Waals surface area contributed by atoms with Crippen molar-refractivity contribution in [1.82, 2.24) is 5.32 Å². The minimum atomic E-state index is 0.0827. The molecule has 0 aliphatic heterocycles. The van der Waals surface area contributed by atoms with Crippen molar-refractivity contribution in [2.75, 3.05) is 0 Å². The van der Waals surface area contributed by atoms with E-state index in [0.29, 0.717) is 6.04 Å². The normalized spacial score (nSPS) is 37.9. The fourth-order valence-corrected chi connectivity index (χ4v) is 3.09. The summed E-state index contributed by atoms with van der Waals surface area (Å²) in [5.41, 5.74) is 0. The average molecular weight is 192 g/mol. The fraction of sp³-hybridized carbons (Fsp3) is 0.917. The zero-order valence-electron chi connectivity index (χ0n) is 9.00. The molecule has 0 spiro atoms. The molecule has 0 amide bonds. The molecule has 2 heteroatoms. The van der Waals surface area contributed by atoms with E-state index in [4.69, 9.17) is 5.26 Å². The van der Waals surface area contributed by atoms with Gasteiger partial charge in [-0.25, -0.2) is 0 Å². The molecule has 0 heterocycles. The number of hydrogen-bond acceptors (Lipinski definition) is 2. The van der Waals surface area contributed by atoms with E-state index < -0.39 is 0 Å². The van der Waals surface area contributed by atoms with Crippen LogP contribution in [0, 0.1) is 23.2 Å². The number of rotatable bonds is 3. The van der Waals surface area contributed by atoms with Gasteiger partial charge in [-0.3, -0.25) is 5.32 Å². The van der Waals surface area contributed by atoms with E-state index in [2.05, 4.69) is 18.3 Å². The van der Waals surface area contributed by atoms with E-state index in [9.17, 15) is 0 Å². The first-order chi connectivity index (χ1) is 6.83. The predicted octanol–water partition coefficient (Wildman–Crippen LogP) is 2.46. The summed E-state index contributed by atoms with van der Waals surface area (Å²) >= 11 is 0. The van der Waals surface area contributed by atoms with Crippen LogP contribution in [0.15, 0.2) is 0 Å². The zero-order chi connectivity index (χ0) is 9.97. The molecule has 3 fully saturated rings. The molecular formula is C12H20N2. The lowest BCUT2D eigenvalue weighted by Gasteiger charge is -2.43. The summed E-state index contributed by atoms with van der Waals surface area (Å²) in [4.78, 5) is 0. The van der Waals surface area contributed by atoms with Gasteiger partial charge in [-0.2, -0.15) is 5.26 Å². The molecule has 0 radical (unpaired) electrons. The maximum Gasteiger partial charge on any atom is 0.0952 e. The highest BCUT2D eigenvalue weighted by molar-refractivity contribution is 4.96. The van der Waals surface area contributed by atoms with Crippen LogP contribution in [0.5, 0.6) is 0 Å². The van der Waals surface area contributed by atoms with Crippen LogP contribution in [0.4, 0.5) is 0 Å². The van der Waals surface area contributed by atoms with Gasteiger partial charge >= 0.3 is 0 Å². The highest BCUT2D eigenvalue weighted by Gasteiger charge is 2.35. The Balaban J connectivity index is 1.89. The summed E-state index contributed by atoms with van der Waals surface area (Å²) < 4.78 is 0. The predicted molar refractivity (Wildman–Crippen MR) is 56.7 cm³/mol. The van der Waals surface area contributed by atoms with Crippen molar-refractivity contribution in [3.8, 4) is 6.07 Å². The summed E-state index contributed by atoms with van der Waals surface area (Å²) in [5.74, 6) is 1.82. The van der Waals surface area contributed by atoms with Gasteiger partial charge in [0.1, 0.15) is 0 Å². The van der Waals surface area contributed by atoms with Crippen molar-refractivity contribution in [2.45, 2.75) is 57.5 Å². The van der Waals surface area contributed by atoms with Gasteiger partial charge < -0.3 is 0 Å². The van der Waals surface area contributed by atoms with Crippen LogP contribution in [0.25, 0.3) is 0 Å². The maximum atomic E-state index is 8.91. The highest BCUT2D eigenvalue weighted by Crippen LogP contribution is 2.41. The van der Waals surface area contributed by atoms with Crippen LogP contribution in [-0.4, -0.2) is 12.1 Å². The Hall–Kier alpha value is -0.550. The minimum Gasteiger partial charge on any atom is -0.299 e. The molecule has 1 N–H and O–H groups in total. The molecule has 14 heavy (non-hydrogen) atoms. The Morgan fingerprint density at radius 3 is 2.50 bits per heavy atom. The Bertz CT molecular complexity index is 223. The molecule has 3 aliphatic carbocycles. The van der Waals surface area contributed by atoms with Crippen LogP contribution in [0.3, 0.4) is 0 Å². The monoisotopic (exact) mass is 192 g/mol. The number of hydrogen-bond donors (Lipinski definition) is 1. The van der Waals surface area contributed by atoms with Crippen molar-refractivity contribution < 1.29 is 0 Å². The summed E-state index contributed by atoms with van der Waals surface area (Å²) in [7, 11) is 0. The van der Waals surface area contributed by atoms with E-state index in [-0.39, 0.29) is 6.04 Å². The molecule has 2 atom stereocenters. The van der Waals surface area contributed by atoms with Crippen LogP contribution in [0.2, 0.25) is 0 Å². The lowest BCUT2D eigenvalue weighted by atomic mass is 9.68. The molecule has 3 saturated carbocycles. The Labute approximate surface area is 86.7 Å². The van der Waals surface area contributed by atoms with Crippen molar-refractivity contribution in [3.05, 3.63) is 0 Å². The number of nitriles is 1. The molecule has 78 valence electrons. The molecule has 3 rings (SSSR count). The molecule has 3 aliphatic rings. The SMILES string of the molecule is CCC(C#N)NC1CC2CCC1CC2. The van der Waals surface area contributed by atoms with Gasteiger partial charge in [0.2, 0.25) is 0 Å². The molecule has 2 unspecified atom stereocenters. The van der Waals surface area contributed by atoms with E-state index >= 15 is 0 Å². The average Bonchev–Trinajstić information content (AvgIpc) is 2.27. The van der Waals surface area contributed by atoms with E-state index in [1.807, 2.05) is 0 Å². The van der Waals surface area contributed by atoms with Crippen molar-refractivity contribution in [1.29, 1.82) is 5.26 Å². The highest BCUT2D eigenvalue weighted by atomic mass is 15.0. The largest absolute Gasteiger partial charge is 0.299 e. The second-order valence-corrected chi connectivity index (χ2v) is 4.88. The van der Waals surface area contributed by atoms with Gasteiger partial charge in [0.15, 0.2) is 0 Å². The number of nitrogens with one attached hydrogen (secondary N) is 1. The third kappa shape index (κ3) is 1.93. The smallest absolute Gasteiger partial charge is 0.0952 e. The van der Waals surface area contributed by atoms with Gasteiger partial charge in [0.25, 0.3) is 0 Å². The molecule has 0 saturated heterocycles. The Morgan fingerprint density at radius 2 is 2.07 bits per heavy atom. The second kappa shape index (κ2) is 4.31. The minimum absolute atomic E-state index is 0.0827. The van der Waals surface area contributed by atoms with E-state index in [0.717, 1.165) is 18.3 Å². The van der Waals surface area contributed by atoms with Gasteiger partial charge in [-0.1, -0.05) is 19.8 Å². The zero-order valence-corrected chi connectivity index (χ0v) is 9.00. The standard InChI is InChI=1S/C12H20N2/c1-2-11(8-13)14-12-7-9-3-5-10(12)6-4-9/h9-12,14H,2-7H2,1H3. The topological polar surface area (TPSA) is 35.8 Å². The van der Waals surface area contributed by atoms with Crippen molar-refractivity contribution in [3.63, 3.8) is 0 Å². The first kappa shape index (κ1) is 9.98. The first-order valence-electron chi connectivity index (χ1n) is 5.99. The van der Waals surface area contributed by atoms with E-state index in [1.54, 1.807) is 0 Å². The van der Waals surface area contributed by atoms with Crippen molar-refractivity contribution in [2.24, 2.45) is 11.8 Å². The Morgan fingerprint density at radius 1 is 1.36 bits per heavy atom. The summed E-state index contributed by atoms with van der Waals surface area (Å²) in [6.07, 6.45) is 7.92. The van der Waals surface area contributed by atoms with Crippen molar-refractivity contribution >= 4 is 0 Å². The third-order valence-corrected chi connectivity index (χ3v) is 4.03. The molecule has 0 aromatic carbocycles. The van der Waals surface area contributed by atoms with Gasteiger partial charge in [0.05, 0.1) is 12.1 Å². The molecule has 2 nitrogen and oxygen atoms in total.